The third kappa shape index (κ3) is 2.38. The molecule has 4 aliphatic carbocycles. The van der Waals surface area contributed by atoms with Crippen LogP contribution in [0.3, 0.4) is 0 Å². The molecule has 0 saturated heterocycles. The number of hydrogen-bond donors (Lipinski definition) is 1. The van der Waals surface area contributed by atoms with E-state index in [-0.39, 0.29) is 5.41 Å². The van der Waals surface area contributed by atoms with Crippen LogP contribution in [0.5, 0.6) is 0 Å². The molecule has 4 rings (SSSR count). The number of aliphatic hydroxyl groups is 1. The van der Waals surface area contributed by atoms with Gasteiger partial charge in [-0.1, -0.05) is 44.6 Å². The van der Waals surface area contributed by atoms with Crippen molar-refractivity contribution in [3.63, 3.8) is 0 Å². The van der Waals surface area contributed by atoms with Crippen molar-refractivity contribution >= 4 is 0 Å². The number of allylic oxidation sites excluding steroid dienone is 3. The van der Waals surface area contributed by atoms with Gasteiger partial charge in [-0.15, -0.1) is 6.58 Å². The van der Waals surface area contributed by atoms with Crippen LogP contribution in [-0.4, -0.2) is 10.7 Å². The SMILES string of the molecule is C=CCC1(O)C[C@H]2[C@@H]3CC=C4C[C@@H](C)CC[C@]4(C)[C@H]3CC[C@]2(C)/C1=C\C. The zero-order valence-electron chi connectivity index (χ0n) is 17.4. The van der Waals surface area contributed by atoms with E-state index in [1.807, 2.05) is 6.08 Å². The van der Waals surface area contributed by atoms with Crippen molar-refractivity contribution in [3.8, 4) is 0 Å². The minimum absolute atomic E-state index is 0.178. The molecule has 1 N–H and O–H groups in total. The molecule has 7 atom stereocenters. The Morgan fingerprint density at radius 1 is 1.19 bits per heavy atom. The zero-order valence-corrected chi connectivity index (χ0v) is 17.4. The van der Waals surface area contributed by atoms with Gasteiger partial charge in [0.15, 0.2) is 0 Å². The summed E-state index contributed by atoms with van der Waals surface area (Å²) in [6, 6.07) is 0. The summed E-state index contributed by atoms with van der Waals surface area (Å²) in [6.07, 6.45) is 16.3. The molecule has 26 heavy (non-hydrogen) atoms. The minimum atomic E-state index is -0.656. The molecule has 1 heteroatoms. The first-order valence-electron chi connectivity index (χ1n) is 11.0. The lowest BCUT2D eigenvalue weighted by Gasteiger charge is -2.57. The van der Waals surface area contributed by atoms with E-state index in [1.54, 1.807) is 5.57 Å². The molecule has 0 radical (unpaired) electrons. The van der Waals surface area contributed by atoms with Crippen LogP contribution >= 0.6 is 0 Å². The van der Waals surface area contributed by atoms with Crippen LogP contribution in [-0.2, 0) is 0 Å². The van der Waals surface area contributed by atoms with Gasteiger partial charge >= 0.3 is 0 Å². The summed E-state index contributed by atoms with van der Waals surface area (Å²) >= 11 is 0. The predicted molar refractivity (Wildman–Crippen MR) is 110 cm³/mol. The van der Waals surface area contributed by atoms with Crippen LogP contribution in [0.15, 0.2) is 36.0 Å². The molecule has 0 amide bonds. The van der Waals surface area contributed by atoms with Gasteiger partial charge in [0.25, 0.3) is 0 Å². The van der Waals surface area contributed by atoms with E-state index in [1.165, 1.54) is 44.1 Å². The van der Waals surface area contributed by atoms with E-state index in [9.17, 15) is 5.11 Å². The zero-order chi connectivity index (χ0) is 18.7. The van der Waals surface area contributed by atoms with Gasteiger partial charge in [-0.3, -0.25) is 0 Å². The van der Waals surface area contributed by atoms with Gasteiger partial charge in [0.2, 0.25) is 0 Å². The van der Waals surface area contributed by atoms with E-state index < -0.39 is 5.60 Å². The summed E-state index contributed by atoms with van der Waals surface area (Å²) < 4.78 is 0. The van der Waals surface area contributed by atoms with Crippen molar-refractivity contribution in [2.24, 2.45) is 34.5 Å². The molecule has 4 aliphatic rings. The highest BCUT2D eigenvalue weighted by Gasteiger charge is 2.62. The summed E-state index contributed by atoms with van der Waals surface area (Å²) in [7, 11) is 0. The summed E-state index contributed by atoms with van der Waals surface area (Å²) in [6.45, 7) is 13.5. The molecule has 1 nitrogen and oxygen atoms in total. The first-order chi connectivity index (χ1) is 12.3. The molecule has 0 bridgehead atoms. The average Bonchev–Trinajstić information content (AvgIpc) is 2.82. The molecular formula is C25H38O. The molecule has 0 aromatic carbocycles. The van der Waals surface area contributed by atoms with Crippen molar-refractivity contribution in [2.75, 3.05) is 0 Å². The first kappa shape index (κ1) is 18.5. The molecule has 144 valence electrons. The Kier molecular flexibility index (Phi) is 4.34. The third-order valence-corrected chi connectivity index (χ3v) is 9.18. The Morgan fingerprint density at radius 2 is 1.92 bits per heavy atom. The largest absolute Gasteiger partial charge is 0.385 e. The Hall–Kier alpha value is -0.820. The summed E-state index contributed by atoms with van der Waals surface area (Å²) in [5.41, 5.74) is 3.03. The highest BCUT2D eigenvalue weighted by atomic mass is 16.3. The topological polar surface area (TPSA) is 20.2 Å². The smallest absolute Gasteiger partial charge is 0.0899 e. The predicted octanol–water partition coefficient (Wildman–Crippen LogP) is 6.45. The average molecular weight is 355 g/mol. The van der Waals surface area contributed by atoms with Crippen molar-refractivity contribution in [1.82, 2.24) is 0 Å². The Morgan fingerprint density at radius 3 is 2.62 bits per heavy atom. The molecule has 3 saturated carbocycles. The van der Waals surface area contributed by atoms with E-state index in [0.29, 0.717) is 17.8 Å². The maximum Gasteiger partial charge on any atom is 0.0899 e. The number of rotatable bonds is 2. The highest BCUT2D eigenvalue weighted by molar-refractivity contribution is 5.36. The lowest BCUT2D eigenvalue weighted by molar-refractivity contribution is -0.0213. The van der Waals surface area contributed by atoms with Crippen molar-refractivity contribution in [3.05, 3.63) is 36.0 Å². The molecule has 3 fully saturated rings. The molecule has 0 aromatic rings. The molecule has 0 spiro atoms. The van der Waals surface area contributed by atoms with Gasteiger partial charge < -0.3 is 5.11 Å². The van der Waals surface area contributed by atoms with Crippen LogP contribution in [0.4, 0.5) is 0 Å². The Labute approximate surface area is 160 Å². The van der Waals surface area contributed by atoms with Gasteiger partial charge in [-0.2, -0.15) is 0 Å². The first-order valence-corrected chi connectivity index (χ1v) is 11.0. The van der Waals surface area contributed by atoms with Gasteiger partial charge in [0, 0.05) is 0 Å². The molecule has 0 aliphatic heterocycles. The summed E-state index contributed by atoms with van der Waals surface area (Å²) in [4.78, 5) is 0. The van der Waals surface area contributed by atoms with E-state index in [4.69, 9.17) is 0 Å². The molecule has 1 unspecified atom stereocenters. The second-order valence-corrected chi connectivity index (χ2v) is 10.5. The van der Waals surface area contributed by atoms with Gasteiger partial charge in [-0.25, -0.2) is 0 Å². The Bertz CT molecular complexity index is 657. The van der Waals surface area contributed by atoms with Crippen LogP contribution in [0.2, 0.25) is 0 Å². The second-order valence-electron chi connectivity index (χ2n) is 10.5. The monoisotopic (exact) mass is 354 g/mol. The van der Waals surface area contributed by atoms with Crippen molar-refractivity contribution in [1.29, 1.82) is 0 Å². The number of hydrogen-bond acceptors (Lipinski definition) is 1. The fourth-order valence-corrected chi connectivity index (χ4v) is 7.91. The van der Waals surface area contributed by atoms with Gasteiger partial charge in [0.05, 0.1) is 5.60 Å². The maximum absolute atomic E-state index is 11.5. The van der Waals surface area contributed by atoms with E-state index >= 15 is 0 Å². The summed E-state index contributed by atoms with van der Waals surface area (Å²) in [5.74, 6) is 3.03. The van der Waals surface area contributed by atoms with Gasteiger partial charge in [0.1, 0.15) is 0 Å². The molecule has 0 heterocycles. The van der Waals surface area contributed by atoms with Crippen LogP contribution in [0.25, 0.3) is 0 Å². The molecular weight excluding hydrogens is 316 g/mol. The van der Waals surface area contributed by atoms with E-state index in [2.05, 4.69) is 46.4 Å². The van der Waals surface area contributed by atoms with Gasteiger partial charge in [-0.05, 0) is 98.4 Å². The quantitative estimate of drug-likeness (QED) is 0.565. The Balaban J connectivity index is 1.72. The normalized spacial score (nSPS) is 52.0. The van der Waals surface area contributed by atoms with Crippen LogP contribution in [0.1, 0.15) is 79.1 Å². The standard InChI is InChI=1S/C25H38O/c1-6-12-25(26)16-21-19-9-8-18-15-17(3)10-13-23(18,4)20(19)11-14-24(21,5)22(25)7-2/h6-8,17,19-21,26H,1,9-16H2,2-5H3/b22-7+/t17-,19+,20-,21-,23-,24-,25?/m0/s1. The fraction of sp³-hybridized carbons (Fsp3) is 0.760. The van der Waals surface area contributed by atoms with Crippen LogP contribution in [0, 0.1) is 34.5 Å². The van der Waals surface area contributed by atoms with Crippen molar-refractivity contribution < 1.29 is 5.11 Å². The fourth-order valence-electron chi connectivity index (χ4n) is 7.91. The molecule has 0 aromatic heterocycles. The second kappa shape index (κ2) is 6.09. The third-order valence-electron chi connectivity index (χ3n) is 9.18. The lowest BCUT2D eigenvalue weighted by atomic mass is 9.47. The van der Waals surface area contributed by atoms with Crippen LogP contribution < -0.4 is 0 Å². The highest BCUT2D eigenvalue weighted by Crippen LogP contribution is 2.68. The van der Waals surface area contributed by atoms with E-state index in [0.717, 1.165) is 24.2 Å². The van der Waals surface area contributed by atoms with Crippen molar-refractivity contribution in [2.45, 2.75) is 84.7 Å². The number of fused-ring (bicyclic) bond motifs is 5. The summed E-state index contributed by atoms with van der Waals surface area (Å²) in [5, 5.41) is 11.5. The maximum atomic E-state index is 11.5. The minimum Gasteiger partial charge on any atom is -0.385 e. The lowest BCUT2D eigenvalue weighted by Crippen LogP contribution is -2.49.